The first-order chi connectivity index (χ1) is 6.27. The van der Waals surface area contributed by atoms with E-state index in [9.17, 15) is 0 Å². The third kappa shape index (κ3) is 2.20. The molecule has 0 saturated carbocycles. The zero-order valence-electron chi connectivity index (χ0n) is 8.24. The number of hydrogen-bond donors (Lipinski definition) is 0. The van der Waals surface area contributed by atoms with Crippen molar-refractivity contribution in [2.24, 2.45) is 10.9 Å². The zero-order valence-corrected chi connectivity index (χ0v) is 10.6. The summed E-state index contributed by atoms with van der Waals surface area (Å²) >= 11 is 0. The molecular weight excluding hydrogens is 350 g/mol. The minimum atomic E-state index is 0. The summed E-state index contributed by atoms with van der Waals surface area (Å²) in [6, 6.07) is 11.1. The van der Waals surface area contributed by atoms with Crippen molar-refractivity contribution in [1.29, 1.82) is 0 Å². The van der Waals surface area contributed by atoms with Gasteiger partial charge >= 0.3 is 0 Å². The van der Waals surface area contributed by atoms with Crippen LogP contribution in [0, 0.1) is 12.0 Å². The molecule has 14 heavy (non-hydrogen) atoms. The van der Waals surface area contributed by atoms with Crippen molar-refractivity contribution in [3.63, 3.8) is 0 Å². The predicted octanol–water partition coefficient (Wildman–Crippen LogP) is 2.94. The predicted molar refractivity (Wildman–Crippen MR) is 55.5 cm³/mol. The molecule has 1 unspecified atom stereocenters. The molecular formula is C12H12IrN-. The van der Waals surface area contributed by atoms with Crippen molar-refractivity contribution >= 4 is 11.4 Å². The maximum atomic E-state index is 4.49. The van der Waals surface area contributed by atoms with Crippen molar-refractivity contribution in [3.8, 4) is 0 Å². The largest absolute Gasteiger partial charge is 0.306 e. The standard InChI is InChI=1S/C12H12N.Ir/c1-9-8-12(13-10(9)2)11-6-4-3-5-7-11;/h3-6,8-9H,1-2H3;/q-1;. The fraction of sp³-hybridized carbons (Fsp3) is 0.250. The fourth-order valence-corrected chi connectivity index (χ4v) is 1.39. The van der Waals surface area contributed by atoms with Crippen LogP contribution in [-0.2, 0) is 20.1 Å². The van der Waals surface area contributed by atoms with Crippen LogP contribution in [0.4, 0.5) is 0 Å². The van der Waals surface area contributed by atoms with E-state index in [4.69, 9.17) is 0 Å². The molecule has 2 rings (SSSR count). The van der Waals surface area contributed by atoms with Crippen LogP contribution in [0.25, 0.3) is 5.70 Å². The minimum Gasteiger partial charge on any atom is -0.306 e. The molecule has 0 N–H and O–H groups in total. The van der Waals surface area contributed by atoms with Crippen molar-refractivity contribution in [3.05, 3.63) is 42.0 Å². The minimum absolute atomic E-state index is 0. The van der Waals surface area contributed by atoms with Crippen molar-refractivity contribution < 1.29 is 20.1 Å². The van der Waals surface area contributed by atoms with Crippen LogP contribution < -0.4 is 0 Å². The molecule has 1 nitrogen and oxygen atoms in total. The van der Waals surface area contributed by atoms with E-state index in [1.807, 2.05) is 24.3 Å². The molecule has 1 aromatic rings. The van der Waals surface area contributed by atoms with E-state index in [0.717, 1.165) is 11.3 Å². The van der Waals surface area contributed by atoms with E-state index in [1.54, 1.807) is 0 Å². The second kappa shape index (κ2) is 4.68. The first-order valence-electron chi connectivity index (χ1n) is 4.51. The SMILES string of the molecule is CC1=NC(c2[c-]cccc2)=CC1C.[Ir]. The van der Waals surface area contributed by atoms with Gasteiger partial charge in [-0.2, -0.15) is 0 Å². The van der Waals surface area contributed by atoms with Gasteiger partial charge in [0, 0.05) is 31.7 Å². The van der Waals surface area contributed by atoms with E-state index in [-0.39, 0.29) is 20.1 Å². The number of nitrogens with zero attached hydrogens (tertiary/aromatic N) is 1. The van der Waals surface area contributed by atoms with Crippen LogP contribution in [0.15, 0.2) is 35.3 Å². The number of hydrogen-bond acceptors (Lipinski definition) is 1. The van der Waals surface area contributed by atoms with Gasteiger partial charge in [0.15, 0.2) is 0 Å². The Hall–Kier alpha value is -0.721. The molecule has 1 atom stereocenters. The van der Waals surface area contributed by atoms with Gasteiger partial charge in [-0.25, -0.2) is 0 Å². The summed E-state index contributed by atoms with van der Waals surface area (Å²) in [7, 11) is 0. The van der Waals surface area contributed by atoms with Gasteiger partial charge in [-0.15, -0.1) is 35.9 Å². The summed E-state index contributed by atoms with van der Waals surface area (Å²) in [5.74, 6) is 0.476. The van der Waals surface area contributed by atoms with Gasteiger partial charge in [0.25, 0.3) is 0 Å². The first kappa shape index (κ1) is 11.4. The molecule has 0 spiro atoms. The van der Waals surface area contributed by atoms with Crippen molar-refractivity contribution in [2.45, 2.75) is 13.8 Å². The molecule has 1 aliphatic heterocycles. The van der Waals surface area contributed by atoms with E-state index in [0.29, 0.717) is 5.92 Å². The van der Waals surface area contributed by atoms with Gasteiger partial charge in [-0.1, -0.05) is 13.0 Å². The maximum absolute atomic E-state index is 4.49. The number of aliphatic imine (C=N–C) groups is 1. The van der Waals surface area contributed by atoms with E-state index < -0.39 is 0 Å². The van der Waals surface area contributed by atoms with Crippen LogP contribution in [0.3, 0.4) is 0 Å². The monoisotopic (exact) mass is 363 g/mol. The molecule has 0 amide bonds. The van der Waals surface area contributed by atoms with Crippen molar-refractivity contribution in [1.82, 2.24) is 0 Å². The molecule has 1 aromatic carbocycles. The number of allylic oxidation sites excluding steroid dienone is 1. The average Bonchev–Trinajstić information content (AvgIpc) is 2.49. The quantitative estimate of drug-likeness (QED) is 0.681. The Kier molecular flexibility index (Phi) is 3.79. The first-order valence-corrected chi connectivity index (χ1v) is 4.51. The molecule has 2 heteroatoms. The Bertz CT molecular complexity index is 365. The Labute approximate surface area is 98.3 Å². The van der Waals surface area contributed by atoms with Gasteiger partial charge in [-0.05, 0) is 12.6 Å². The van der Waals surface area contributed by atoms with E-state index in [2.05, 4.69) is 31.0 Å². The third-order valence-corrected chi connectivity index (χ3v) is 2.35. The topological polar surface area (TPSA) is 12.4 Å². The summed E-state index contributed by atoms with van der Waals surface area (Å²) in [6.45, 7) is 4.23. The number of benzene rings is 1. The number of rotatable bonds is 1. The van der Waals surface area contributed by atoms with Crippen LogP contribution in [0.1, 0.15) is 19.4 Å². The summed E-state index contributed by atoms with van der Waals surface area (Å²) in [5, 5.41) is 0. The smallest absolute Gasteiger partial charge is 0.0100 e. The molecule has 0 saturated heterocycles. The van der Waals surface area contributed by atoms with Gasteiger partial charge in [-0.3, -0.25) is 0 Å². The molecule has 1 heterocycles. The van der Waals surface area contributed by atoms with Crippen LogP contribution in [-0.4, -0.2) is 5.71 Å². The van der Waals surface area contributed by atoms with Crippen molar-refractivity contribution in [2.75, 3.05) is 0 Å². The molecule has 75 valence electrons. The van der Waals surface area contributed by atoms with E-state index in [1.165, 1.54) is 5.71 Å². The van der Waals surface area contributed by atoms with Gasteiger partial charge in [0.2, 0.25) is 0 Å². The normalized spacial score (nSPS) is 19.7. The van der Waals surface area contributed by atoms with Crippen LogP contribution in [0.5, 0.6) is 0 Å². The molecule has 0 bridgehead atoms. The second-order valence-corrected chi connectivity index (χ2v) is 3.37. The summed E-state index contributed by atoms with van der Waals surface area (Å²) in [5.41, 5.74) is 3.34. The Balaban J connectivity index is 0.000000980. The molecule has 0 aliphatic carbocycles. The van der Waals surface area contributed by atoms with Gasteiger partial charge < -0.3 is 4.99 Å². The van der Waals surface area contributed by atoms with Gasteiger partial charge in [0.05, 0.1) is 0 Å². The molecule has 0 fully saturated rings. The van der Waals surface area contributed by atoms with Crippen LogP contribution in [0.2, 0.25) is 0 Å². The second-order valence-electron chi connectivity index (χ2n) is 3.37. The Morgan fingerprint density at radius 1 is 1.36 bits per heavy atom. The Morgan fingerprint density at radius 2 is 2.14 bits per heavy atom. The van der Waals surface area contributed by atoms with Gasteiger partial charge in [0.1, 0.15) is 0 Å². The fourth-order valence-electron chi connectivity index (χ4n) is 1.39. The summed E-state index contributed by atoms with van der Waals surface area (Å²) in [6.07, 6.45) is 2.18. The summed E-state index contributed by atoms with van der Waals surface area (Å²) in [4.78, 5) is 4.49. The average molecular weight is 362 g/mol. The zero-order chi connectivity index (χ0) is 9.26. The molecule has 1 radical (unpaired) electrons. The maximum Gasteiger partial charge on any atom is 0.0100 e. The molecule has 1 aliphatic rings. The third-order valence-electron chi connectivity index (χ3n) is 2.35. The van der Waals surface area contributed by atoms with E-state index >= 15 is 0 Å². The molecule has 0 aromatic heterocycles. The Morgan fingerprint density at radius 3 is 2.64 bits per heavy atom. The summed E-state index contributed by atoms with van der Waals surface area (Å²) < 4.78 is 0. The van der Waals surface area contributed by atoms with Crippen LogP contribution >= 0.6 is 0 Å².